The van der Waals surface area contributed by atoms with Crippen LogP contribution in [0.4, 0.5) is 0 Å². The summed E-state index contributed by atoms with van der Waals surface area (Å²) < 4.78 is 11.5. The number of nitrogens with one attached hydrogen (secondary N) is 1. The molecule has 130 valence electrons. The standard InChI is InChI=1S/C19H14BrN3O3/c1-25-10-12-6-7-13(20)9-15(12)17-22-19(26-23-17)16-8-11-4-2-3-5-14(11)18(24)21-16/h2-9H,10H2,1H3,(H,21,24). The maximum Gasteiger partial charge on any atom is 0.274 e. The van der Waals surface area contributed by atoms with E-state index in [0.717, 1.165) is 21.0 Å². The molecule has 0 aliphatic rings. The molecule has 0 saturated carbocycles. The van der Waals surface area contributed by atoms with Crippen LogP contribution in [0, 0.1) is 0 Å². The molecule has 0 amide bonds. The number of benzene rings is 2. The summed E-state index contributed by atoms with van der Waals surface area (Å²) in [7, 11) is 1.63. The minimum absolute atomic E-state index is 0.194. The van der Waals surface area contributed by atoms with Gasteiger partial charge in [-0.15, -0.1) is 0 Å². The highest BCUT2D eigenvalue weighted by molar-refractivity contribution is 9.10. The van der Waals surface area contributed by atoms with E-state index in [9.17, 15) is 4.79 Å². The predicted molar refractivity (Wildman–Crippen MR) is 102 cm³/mol. The second-order valence-corrected chi connectivity index (χ2v) is 6.67. The van der Waals surface area contributed by atoms with E-state index < -0.39 is 0 Å². The lowest BCUT2D eigenvalue weighted by molar-refractivity contribution is 0.185. The Balaban J connectivity index is 1.80. The van der Waals surface area contributed by atoms with Crippen molar-refractivity contribution >= 4 is 26.7 Å². The number of H-pyrrole nitrogens is 1. The Morgan fingerprint density at radius 1 is 1.19 bits per heavy atom. The summed E-state index contributed by atoms with van der Waals surface area (Å²) in [5, 5.41) is 5.50. The van der Waals surface area contributed by atoms with Gasteiger partial charge in [0.05, 0.1) is 6.61 Å². The maximum atomic E-state index is 12.3. The Morgan fingerprint density at radius 2 is 2.04 bits per heavy atom. The summed E-state index contributed by atoms with van der Waals surface area (Å²) in [6, 6.07) is 15.0. The molecule has 0 saturated heterocycles. The van der Waals surface area contributed by atoms with Gasteiger partial charge in [-0.05, 0) is 35.2 Å². The van der Waals surface area contributed by atoms with Crippen LogP contribution in [0.3, 0.4) is 0 Å². The minimum atomic E-state index is -0.194. The molecule has 2 heterocycles. The smallest absolute Gasteiger partial charge is 0.274 e. The number of rotatable bonds is 4. The van der Waals surface area contributed by atoms with Gasteiger partial charge in [0, 0.05) is 22.5 Å². The average molecular weight is 412 g/mol. The Bertz CT molecular complexity index is 1150. The number of fused-ring (bicyclic) bond motifs is 1. The number of halogens is 1. The quantitative estimate of drug-likeness (QED) is 0.545. The summed E-state index contributed by atoms with van der Waals surface area (Å²) in [4.78, 5) is 19.5. The van der Waals surface area contributed by atoms with Gasteiger partial charge >= 0.3 is 0 Å². The van der Waals surface area contributed by atoms with Gasteiger partial charge in [-0.1, -0.05) is 45.4 Å². The van der Waals surface area contributed by atoms with E-state index in [1.807, 2.05) is 42.5 Å². The lowest BCUT2D eigenvalue weighted by Crippen LogP contribution is -2.07. The van der Waals surface area contributed by atoms with E-state index in [-0.39, 0.29) is 11.4 Å². The first-order valence-electron chi connectivity index (χ1n) is 7.89. The molecule has 1 N–H and O–H groups in total. The van der Waals surface area contributed by atoms with E-state index in [0.29, 0.717) is 23.5 Å². The van der Waals surface area contributed by atoms with Crippen molar-refractivity contribution in [1.29, 1.82) is 0 Å². The third-order valence-corrected chi connectivity index (χ3v) is 4.52. The molecule has 4 aromatic rings. The van der Waals surface area contributed by atoms with Gasteiger partial charge in [-0.3, -0.25) is 4.79 Å². The second kappa shape index (κ2) is 6.86. The average Bonchev–Trinajstić information content (AvgIpc) is 3.13. The SMILES string of the molecule is COCc1ccc(Br)cc1-c1noc(-c2cc3ccccc3c(=O)[nH]2)n1. The monoisotopic (exact) mass is 411 g/mol. The topological polar surface area (TPSA) is 81.0 Å². The van der Waals surface area contributed by atoms with E-state index in [1.165, 1.54) is 0 Å². The highest BCUT2D eigenvalue weighted by Gasteiger charge is 2.16. The fourth-order valence-electron chi connectivity index (χ4n) is 2.81. The lowest BCUT2D eigenvalue weighted by Gasteiger charge is -2.05. The van der Waals surface area contributed by atoms with Crippen molar-refractivity contribution in [2.24, 2.45) is 0 Å². The van der Waals surface area contributed by atoms with Crippen LogP contribution in [0.25, 0.3) is 33.7 Å². The summed E-state index contributed by atoms with van der Waals surface area (Å²) in [5.41, 5.74) is 2.03. The Kier molecular flexibility index (Phi) is 4.40. The number of ether oxygens (including phenoxy) is 1. The Morgan fingerprint density at radius 3 is 2.88 bits per heavy atom. The first-order valence-corrected chi connectivity index (χ1v) is 8.69. The fraction of sp³-hybridized carbons (Fsp3) is 0.105. The van der Waals surface area contributed by atoms with Crippen molar-refractivity contribution < 1.29 is 9.26 Å². The first kappa shape index (κ1) is 16.7. The molecule has 0 radical (unpaired) electrons. The van der Waals surface area contributed by atoms with Gasteiger partial charge in [0.25, 0.3) is 11.4 Å². The zero-order chi connectivity index (χ0) is 18.1. The van der Waals surface area contributed by atoms with Crippen molar-refractivity contribution in [3.05, 3.63) is 68.9 Å². The molecule has 7 heteroatoms. The number of aromatic amines is 1. The van der Waals surface area contributed by atoms with Crippen molar-refractivity contribution in [3.8, 4) is 23.0 Å². The second-order valence-electron chi connectivity index (χ2n) is 5.76. The van der Waals surface area contributed by atoms with Crippen LogP contribution in [-0.4, -0.2) is 22.2 Å². The summed E-state index contributed by atoms with van der Waals surface area (Å²) in [6.45, 7) is 0.430. The van der Waals surface area contributed by atoms with E-state index in [4.69, 9.17) is 9.26 Å². The molecule has 0 bridgehead atoms. The Hall–Kier alpha value is -2.77. The summed E-state index contributed by atoms with van der Waals surface area (Å²) >= 11 is 3.46. The molecular formula is C19H14BrN3O3. The number of nitrogens with zero attached hydrogens (tertiary/aromatic N) is 2. The highest BCUT2D eigenvalue weighted by Crippen LogP contribution is 2.28. The molecule has 4 rings (SSSR count). The van der Waals surface area contributed by atoms with Crippen LogP contribution in [0.15, 0.2) is 62.3 Å². The summed E-state index contributed by atoms with van der Waals surface area (Å²) in [6.07, 6.45) is 0. The Labute approximate surface area is 157 Å². The molecule has 0 unspecified atom stereocenters. The van der Waals surface area contributed by atoms with Crippen LogP contribution in [-0.2, 0) is 11.3 Å². The fourth-order valence-corrected chi connectivity index (χ4v) is 3.17. The molecular weight excluding hydrogens is 398 g/mol. The zero-order valence-corrected chi connectivity index (χ0v) is 15.4. The lowest BCUT2D eigenvalue weighted by atomic mass is 10.1. The highest BCUT2D eigenvalue weighted by atomic mass is 79.9. The molecule has 0 spiro atoms. The van der Waals surface area contributed by atoms with E-state index >= 15 is 0 Å². The number of hydrogen-bond donors (Lipinski definition) is 1. The molecule has 2 aromatic heterocycles. The predicted octanol–water partition coefficient (Wildman–Crippen LogP) is 4.15. The molecule has 0 aliphatic carbocycles. The van der Waals surface area contributed by atoms with Crippen LogP contribution < -0.4 is 5.56 Å². The van der Waals surface area contributed by atoms with Gasteiger partial charge in [0.1, 0.15) is 5.69 Å². The van der Waals surface area contributed by atoms with Crippen molar-refractivity contribution in [2.75, 3.05) is 7.11 Å². The van der Waals surface area contributed by atoms with Crippen molar-refractivity contribution in [1.82, 2.24) is 15.1 Å². The van der Waals surface area contributed by atoms with Crippen LogP contribution in [0.1, 0.15) is 5.56 Å². The first-order chi connectivity index (χ1) is 12.7. The number of aromatic nitrogens is 3. The number of hydrogen-bond acceptors (Lipinski definition) is 5. The van der Waals surface area contributed by atoms with Crippen molar-refractivity contribution in [3.63, 3.8) is 0 Å². The largest absolute Gasteiger partial charge is 0.380 e. The number of methoxy groups -OCH3 is 1. The number of pyridine rings is 1. The maximum absolute atomic E-state index is 12.3. The van der Waals surface area contributed by atoms with Gasteiger partial charge in [-0.25, -0.2) is 0 Å². The molecule has 26 heavy (non-hydrogen) atoms. The van der Waals surface area contributed by atoms with Gasteiger partial charge in [0.2, 0.25) is 5.82 Å². The molecule has 6 nitrogen and oxygen atoms in total. The third-order valence-electron chi connectivity index (χ3n) is 4.02. The van der Waals surface area contributed by atoms with Crippen LogP contribution in [0.5, 0.6) is 0 Å². The molecule has 2 aromatic carbocycles. The van der Waals surface area contributed by atoms with E-state index in [1.54, 1.807) is 13.2 Å². The molecule has 0 atom stereocenters. The van der Waals surface area contributed by atoms with Crippen molar-refractivity contribution in [2.45, 2.75) is 6.61 Å². The van der Waals surface area contributed by atoms with Crippen LogP contribution in [0.2, 0.25) is 0 Å². The summed E-state index contributed by atoms with van der Waals surface area (Å²) in [5.74, 6) is 0.688. The van der Waals surface area contributed by atoms with Crippen LogP contribution >= 0.6 is 15.9 Å². The molecule has 0 aliphatic heterocycles. The zero-order valence-electron chi connectivity index (χ0n) is 13.8. The minimum Gasteiger partial charge on any atom is -0.380 e. The molecule has 0 fully saturated rings. The van der Waals surface area contributed by atoms with Gasteiger partial charge < -0.3 is 14.2 Å². The third kappa shape index (κ3) is 3.07. The van der Waals surface area contributed by atoms with Gasteiger partial charge in [-0.2, -0.15) is 4.98 Å². The normalized spacial score (nSPS) is 11.2. The van der Waals surface area contributed by atoms with Gasteiger partial charge in [0.15, 0.2) is 0 Å². The van der Waals surface area contributed by atoms with E-state index in [2.05, 4.69) is 31.1 Å².